The molecule has 0 radical (unpaired) electrons. The Labute approximate surface area is 69.7 Å². The van der Waals surface area contributed by atoms with Crippen LogP contribution in [0.3, 0.4) is 0 Å². The van der Waals surface area contributed by atoms with Gasteiger partial charge in [0.05, 0.1) is 12.6 Å². The lowest BCUT2D eigenvalue weighted by atomic mass is 10.3. The van der Waals surface area contributed by atoms with Crippen LogP contribution in [0.5, 0.6) is 0 Å². The molecule has 0 unspecified atom stereocenters. The zero-order valence-corrected chi connectivity index (χ0v) is 6.90. The SMILES string of the molecule is N#CCN1Cc2ccsc2C1. The summed E-state index contributed by atoms with van der Waals surface area (Å²) in [6.45, 7) is 2.49. The summed E-state index contributed by atoms with van der Waals surface area (Å²) < 4.78 is 0. The van der Waals surface area contributed by atoms with Gasteiger partial charge in [0.25, 0.3) is 0 Å². The van der Waals surface area contributed by atoms with Crippen LogP contribution >= 0.6 is 11.3 Å². The van der Waals surface area contributed by atoms with E-state index in [0.717, 1.165) is 13.1 Å². The number of fused-ring (bicyclic) bond motifs is 1. The largest absolute Gasteiger partial charge is 0.281 e. The first-order valence-electron chi connectivity index (χ1n) is 3.54. The van der Waals surface area contributed by atoms with E-state index >= 15 is 0 Å². The van der Waals surface area contributed by atoms with E-state index in [1.807, 2.05) is 0 Å². The zero-order valence-electron chi connectivity index (χ0n) is 6.08. The van der Waals surface area contributed by atoms with Crippen LogP contribution < -0.4 is 0 Å². The van der Waals surface area contributed by atoms with Crippen LogP contribution in [-0.4, -0.2) is 11.4 Å². The van der Waals surface area contributed by atoms with Crippen LogP contribution in [0.1, 0.15) is 10.4 Å². The third kappa shape index (κ3) is 1.15. The highest BCUT2D eigenvalue weighted by atomic mass is 32.1. The Bertz CT molecular complexity index is 277. The molecule has 2 heterocycles. The van der Waals surface area contributed by atoms with Gasteiger partial charge in [0.1, 0.15) is 0 Å². The molecule has 0 aliphatic carbocycles. The molecule has 3 heteroatoms. The number of thiophene rings is 1. The number of hydrogen-bond donors (Lipinski definition) is 0. The summed E-state index contributed by atoms with van der Waals surface area (Å²) in [7, 11) is 0. The van der Waals surface area contributed by atoms with Gasteiger partial charge in [-0.05, 0) is 17.0 Å². The van der Waals surface area contributed by atoms with Crippen LogP contribution in [0, 0.1) is 11.3 Å². The zero-order chi connectivity index (χ0) is 7.68. The minimum absolute atomic E-state index is 0.557. The second kappa shape index (κ2) is 2.65. The van der Waals surface area contributed by atoms with E-state index in [2.05, 4.69) is 22.4 Å². The van der Waals surface area contributed by atoms with E-state index < -0.39 is 0 Å². The molecule has 56 valence electrons. The molecule has 2 rings (SSSR count). The van der Waals surface area contributed by atoms with Crippen molar-refractivity contribution in [1.29, 1.82) is 5.26 Å². The lowest BCUT2D eigenvalue weighted by Gasteiger charge is -2.07. The smallest absolute Gasteiger partial charge is 0.0872 e. The molecular formula is C8H8N2S. The first-order valence-corrected chi connectivity index (χ1v) is 4.42. The molecule has 0 saturated carbocycles. The van der Waals surface area contributed by atoms with E-state index in [1.165, 1.54) is 10.4 Å². The molecule has 0 aromatic carbocycles. The molecule has 0 N–H and O–H groups in total. The highest BCUT2D eigenvalue weighted by Gasteiger charge is 2.18. The second-order valence-electron chi connectivity index (χ2n) is 2.67. The lowest BCUT2D eigenvalue weighted by molar-refractivity contribution is 0.321. The van der Waals surface area contributed by atoms with Gasteiger partial charge in [-0.15, -0.1) is 11.3 Å². The summed E-state index contributed by atoms with van der Waals surface area (Å²) in [5.41, 5.74) is 1.41. The summed E-state index contributed by atoms with van der Waals surface area (Å²) in [5, 5.41) is 10.6. The predicted molar refractivity (Wildman–Crippen MR) is 44.0 cm³/mol. The molecule has 1 aliphatic rings. The Hall–Kier alpha value is -0.850. The molecular weight excluding hydrogens is 156 g/mol. The molecule has 1 aliphatic heterocycles. The van der Waals surface area contributed by atoms with Gasteiger partial charge in [0.15, 0.2) is 0 Å². The fourth-order valence-electron chi connectivity index (χ4n) is 1.36. The molecule has 1 aromatic rings. The average Bonchev–Trinajstić information content (AvgIpc) is 2.46. The maximum absolute atomic E-state index is 8.45. The highest BCUT2D eigenvalue weighted by Crippen LogP contribution is 2.26. The van der Waals surface area contributed by atoms with Crippen LogP contribution in [0.4, 0.5) is 0 Å². The maximum atomic E-state index is 8.45. The molecule has 0 saturated heterocycles. The van der Waals surface area contributed by atoms with Crippen LogP contribution in [0.25, 0.3) is 0 Å². The Morgan fingerprint density at radius 2 is 2.55 bits per heavy atom. The molecule has 2 nitrogen and oxygen atoms in total. The Balaban J connectivity index is 2.11. The fourth-order valence-corrected chi connectivity index (χ4v) is 2.30. The van der Waals surface area contributed by atoms with E-state index in [-0.39, 0.29) is 0 Å². The summed E-state index contributed by atoms with van der Waals surface area (Å²) in [6.07, 6.45) is 0. The first kappa shape index (κ1) is 6.84. The number of rotatable bonds is 1. The number of hydrogen-bond acceptors (Lipinski definition) is 3. The molecule has 11 heavy (non-hydrogen) atoms. The third-order valence-electron chi connectivity index (χ3n) is 1.89. The van der Waals surface area contributed by atoms with Crippen molar-refractivity contribution in [2.75, 3.05) is 6.54 Å². The molecule has 0 bridgehead atoms. The summed E-state index contributed by atoms with van der Waals surface area (Å²) in [6, 6.07) is 4.32. The summed E-state index contributed by atoms with van der Waals surface area (Å²) in [5.74, 6) is 0. The number of nitriles is 1. The quantitative estimate of drug-likeness (QED) is 0.589. The molecule has 0 spiro atoms. The van der Waals surface area contributed by atoms with Crippen molar-refractivity contribution < 1.29 is 0 Å². The maximum Gasteiger partial charge on any atom is 0.0872 e. The van der Waals surface area contributed by atoms with Gasteiger partial charge in [-0.3, -0.25) is 4.90 Å². The summed E-state index contributed by atoms with van der Waals surface area (Å²) in [4.78, 5) is 3.58. The molecule has 0 atom stereocenters. The van der Waals surface area contributed by atoms with Crippen LogP contribution in [0.2, 0.25) is 0 Å². The van der Waals surface area contributed by atoms with Crippen molar-refractivity contribution >= 4 is 11.3 Å². The van der Waals surface area contributed by atoms with Gasteiger partial charge in [-0.25, -0.2) is 0 Å². The number of nitrogens with zero attached hydrogens (tertiary/aromatic N) is 2. The van der Waals surface area contributed by atoms with Crippen molar-refractivity contribution in [2.45, 2.75) is 13.1 Å². The van der Waals surface area contributed by atoms with E-state index in [0.29, 0.717) is 6.54 Å². The highest BCUT2D eigenvalue weighted by molar-refractivity contribution is 7.10. The Morgan fingerprint density at radius 1 is 1.64 bits per heavy atom. The second-order valence-corrected chi connectivity index (χ2v) is 3.67. The van der Waals surface area contributed by atoms with E-state index in [4.69, 9.17) is 5.26 Å². The standard InChI is InChI=1S/C8H8N2S/c9-2-3-10-5-7-1-4-11-8(7)6-10/h1,4H,3,5-6H2. The van der Waals surface area contributed by atoms with Crippen molar-refractivity contribution in [3.05, 3.63) is 21.9 Å². The lowest BCUT2D eigenvalue weighted by Crippen LogP contribution is -2.15. The van der Waals surface area contributed by atoms with Crippen molar-refractivity contribution in [3.63, 3.8) is 0 Å². The van der Waals surface area contributed by atoms with Crippen LogP contribution in [0.15, 0.2) is 11.4 Å². The van der Waals surface area contributed by atoms with Crippen molar-refractivity contribution in [1.82, 2.24) is 4.90 Å². The van der Waals surface area contributed by atoms with E-state index in [9.17, 15) is 0 Å². The fraction of sp³-hybridized carbons (Fsp3) is 0.375. The van der Waals surface area contributed by atoms with Crippen molar-refractivity contribution in [3.8, 4) is 6.07 Å². The van der Waals surface area contributed by atoms with Gasteiger partial charge in [-0.2, -0.15) is 5.26 Å². The molecule has 1 aromatic heterocycles. The van der Waals surface area contributed by atoms with Gasteiger partial charge in [0.2, 0.25) is 0 Å². The van der Waals surface area contributed by atoms with Gasteiger partial charge in [-0.1, -0.05) is 0 Å². The predicted octanol–water partition coefficient (Wildman–Crippen LogP) is 1.59. The first-order chi connectivity index (χ1) is 5.40. The third-order valence-corrected chi connectivity index (χ3v) is 2.84. The summed E-state index contributed by atoms with van der Waals surface area (Å²) >= 11 is 1.79. The normalized spacial score (nSPS) is 16.3. The minimum atomic E-state index is 0.557. The Morgan fingerprint density at radius 3 is 3.27 bits per heavy atom. The average molecular weight is 164 g/mol. The van der Waals surface area contributed by atoms with Crippen molar-refractivity contribution in [2.24, 2.45) is 0 Å². The van der Waals surface area contributed by atoms with E-state index in [1.54, 1.807) is 11.3 Å². The van der Waals surface area contributed by atoms with Gasteiger partial charge >= 0.3 is 0 Å². The van der Waals surface area contributed by atoms with Crippen LogP contribution in [-0.2, 0) is 13.1 Å². The Kier molecular flexibility index (Phi) is 1.65. The molecule has 0 amide bonds. The van der Waals surface area contributed by atoms with Gasteiger partial charge in [0, 0.05) is 18.0 Å². The topological polar surface area (TPSA) is 27.0 Å². The monoisotopic (exact) mass is 164 g/mol. The van der Waals surface area contributed by atoms with Gasteiger partial charge < -0.3 is 0 Å². The minimum Gasteiger partial charge on any atom is -0.281 e. The molecule has 0 fully saturated rings.